The molecule has 1 heteroatoms. The van der Waals surface area contributed by atoms with Crippen molar-refractivity contribution in [2.45, 2.75) is 6.42 Å². The van der Waals surface area contributed by atoms with Crippen LogP contribution in [0.2, 0.25) is 0 Å². The summed E-state index contributed by atoms with van der Waals surface area (Å²) < 4.78 is 5.21. The van der Waals surface area contributed by atoms with E-state index < -0.39 is 0 Å². The molecule has 0 radical (unpaired) electrons. The maximum atomic E-state index is 5.21. The van der Waals surface area contributed by atoms with E-state index in [0.717, 1.165) is 18.6 Å². The molecule has 0 bridgehead atoms. The maximum Gasteiger partial charge on any atom is 0.0659 e. The van der Waals surface area contributed by atoms with Crippen molar-refractivity contribution in [2.75, 3.05) is 13.2 Å². The van der Waals surface area contributed by atoms with Gasteiger partial charge in [0.25, 0.3) is 0 Å². The van der Waals surface area contributed by atoms with Crippen molar-refractivity contribution < 1.29 is 4.74 Å². The SMILES string of the molecule is C(#Cc1ccccc1)C1=CCOCC1. The van der Waals surface area contributed by atoms with Crippen molar-refractivity contribution in [1.82, 2.24) is 0 Å². The number of benzene rings is 1. The van der Waals surface area contributed by atoms with Gasteiger partial charge in [0.2, 0.25) is 0 Å². The lowest BCUT2D eigenvalue weighted by Crippen LogP contribution is -2.02. The van der Waals surface area contributed by atoms with Crippen LogP contribution in [0.3, 0.4) is 0 Å². The van der Waals surface area contributed by atoms with Crippen LogP contribution in [0.4, 0.5) is 0 Å². The fourth-order valence-corrected chi connectivity index (χ4v) is 1.31. The van der Waals surface area contributed by atoms with E-state index in [1.54, 1.807) is 0 Å². The standard InChI is InChI=1S/C13H12O/c1-2-4-12(5-3-1)6-7-13-8-10-14-11-9-13/h1-5,8H,9-11H2. The smallest absolute Gasteiger partial charge is 0.0659 e. The van der Waals surface area contributed by atoms with Gasteiger partial charge in [0.15, 0.2) is 0 Å². The molecule has 70 valence electrons. The zero-order valence-corrected chi connectivity index (χ0v) is 7.99. The van der Waals surface area contributed by atoms with Crippen LogP contribution in [0.1, 0.15) is 12.0 Å². The third-order valence-electron chi connectivity index (χ3n) is 2.10. The van der Waals surface area contributed by atoms with Gasteiger partial charge in [-0.2, -0.15) is 0 Å². The molecule has 0 fully saturated rings. The van der Waals surface area contributed by atoms with Gasteiger partial charge in [-0.05, 0) is 18.2 Å². The molecule has 0 aliphatic carbocycles. The highest BCUT2D eigenvalue weighted by molar-refractivity contribution is 5.40. The molecule has 0 saturated heterocycles. The number of hydrogen-bond donors (Lipinski definition) is 0. The summed E-state index contributed by atoms with van der Waals surface area (Å²) in [5, 5.41) is 0. The van der Waals surface area contributed by atoms with Crippen LogP contribution in [0.5, 0.6) is 0 Å². The van der Waals surface area contributed by atoms with Gasteiger partial charge >= 0.3 is 0 Å². The summed E-state index contributed by atoms with van der Waals surface area (Å²) in [5.41, 5.74) is 2.26. The first-order valence-electron chi connectivity index (χ1n) is 4.79. The summed E-state index contributed by atoms with van der Waals surface area (Å²) in [4.78, 5) is 0. The van der Waals surface area contributed by atoms with Crippen LogP contribution in [-0.4, -0.2) is 13.2 Å². The summed E-state index contributed by atoms with van der Waals surface area (Å²) in [7, 11) is 0. The van der Waals surface area contributed by atoms with Gasteiger partial charge in [0, 0.05) is 17.6 Å². The first-order valence-corrected chi connectivity index (χ1v) is 4.79. The number of hydrogen-bond acceptors (Lipinski definition) is 1. The molecule has 1 aromatic rings. The fourth-order valence-electron chi connectivity index (χ4n) is 1.31. The predicted molar refractivity (Wildman–Crippen MR) is 56.8 cm³/mol. The fraction of sp³-hybridized carbons (Fsp3) is 0.231. The van der Waals surface area contributed by atoms with Crippen molar-refractivity contribution in [3.05, 3.63) is 47.5 Å². The molecule has 0 N–H and O–H groups in total. The molecule has 14 heavy (non-hydrogen) atoms. The van der Waals surface area contributed by atoms with E-state index in [4.69, 9.17) is 4.74 Å². The lowest BCUT2D eigenvalue weighted by Gasteiger charge is -2.07. The van der Waals surface area contributed by atoms with Crippen LogP contribution < -0.4 is 0 Å². The molecule has 1 aliphatic rings. The van der Waals surface area contributed by atoms with Gasteiger partial charge in [-0.15, -0.1) is 0 Å². The molecular weight excluding hydrogens is 172 g/mol. The molecular formula is C13H12O. The summed E-state index contributed by atoms with van der Waals surface area (Å²) in [6.45, 7) is 1.51. The molecule has 0 spiro atoms. The molecule has 0 aromatic heterocycles. The molecule has 0 amide bonds. The molecule has 2 rings (SSSR count). The van der Waals surface area contributed by atoms with E-state index in [-0.39, 0.29) is 0 Å². The van der Waals surface area contributed by atoms with Crippen LogP contribution in [0.25, 0.3) is 0 Å². The second kappa shape index (κ2) is 4.64. The molecule has 1 heterocycles. The lowest BCUT2D eigenvalue weighted by molar-refractivity contribution is 0.156. The highest BCUT2D eigenvalue weighted by atomic mass is 16.5. The van der Waals surface area contributed by atoms with E-state index in [1.165, 1.54) is 5.57 Å². The van der Waals surface area contributed by atoms with Gasteiger partial charge in [-0.1, -0.05) is 30.0 Å². The van der Waals surface area contributed by atoms with E-state index in [0.29, 0.717) is 6.61 Å². The Bertz CT molecular complexity index is 379. The average Bonchev–Trinajstić information content (AvgIpc) is 2.29. The van der Waals surface area contributed by atoms with Gasteiger partial charge in [0.05, 0.1) is 13.2 Å². The molecule has 0 atom stereocenters. The van der Waals surface area contributed by atoms with Gasteiger partial charge in [0.1, 0.15) is 0 Å². The Balaban J connectivity index is 2.10. The predicted octanol–water partition coefficient (Wildman–Crippen LogP) is 2.38. The molecule has 1 aliphatic heterocycles. The normalized spacial score (nSPS) is 15.3. The van der Waals surface area contributed by atoms with E-state index in [9.17, 15) is 0 Å². The Hall–Kier alpha value is -1.52. The van der Waals surface area contributed by atoms with Crippen molar-refractivity contribution >= 4 is 0 Å². The summed E-state index contributed by atoms with van der Waals surface area (Å²) in [6.07, 6.45) is 3.00. The second-order valence-corrected chi connectivity index (χ2v) is 3.17. The molecule has 1 nitrogen and oxygen atoms in total. The van der Waals surface area contributed by atoms with Crippen LogP contribution in [-0.2, 0) is 4.74 Å². The minimum absolute atomic E-state index is 0.707. The lowest BCUT2D eigenvalue weighted by atomic mass is 10.1. The average molecular weight is 184 g/mol. The largest absolute Gasteiger partial charge is 0.377 e. The van der Waals surface area contributed by atoms with Crippen molar-refractivity contribution in [3.8, 4) is 11.8 Å². The maximum absolute atomic E-state index is 5.21. The highest BCUT2D eigenvalue weighted by Crippen LogP contribution is 2.06. The molecule has 1 aromatic carbocycles. The quantitative estimate of drug-likeness (QED) is 0.562. The van der Waals surface area contributed by atoms with Crippen LogP contribution >= 0.6 is 0 Å². The second-order valence-electron chi connectivity index (χ2n) is 3.17. The van der Waals surface area contributed by atoms with Crippen LogP contribution in [0.15, 0.2) is 42.0 Å². The topological polar surface area (TPSA) is 9.23 Å². The zero-order valence-electron chi connectivity index (χ0n) is 7.99. The number of rotatable bonds is 0. The Morgan fingerprint density at radius 2 is 1.93 bits per heavy atom. The summed E-state index contributed by atoms with van der Waals surface area (Å²) in [6, 6.07) is 10.0. The van der Waals surface area contributed by atoms with Gasteiger partial charge < -0.3 is 4.74 Å². The first-order chi connectivity index (χ1) is 6.95. The number of ether oxygens (including phenoxy) is 1. The first kappa shape index (κ1) is 9.05. The van der Waals surface area contributed by atoms with E-state index in [1.807, 2.05) is 30.3 Å². The Kier molecular flexibility index (Phi) is 3.00. The summed E-state index contributed by atoms with van der Waals surface area (Å²) in [5.74, 6) is 6.31. The third-order valence-corrected chi connectivity index (χ3v) is 2.10. The minimum Gasteiger partial charge on any atom is -0.377 e. The van der Waals surface area contributed by atoms with Gasteiger partial charge in [-0.25, -0.2) is 0 Å². The van der Waals surface area contributed by atoms with Crippen molar-refractivity contribution in [3.63, 3.8) is 0 Å². The third kappa shape index (κ3) is 2.48. The minimum atomic E-state index is 0.707. The Morgan fingerprint density at radius 3 is 2.64 bits per heavy atom. The Morgan fingerprint density at radius 1 is 1.07 bits per heavy atom. The highest BCUT2D eigenvalue weighted by Gasteiger charge is 1.98. The van der Waals surface area contributed by atoms with Gasteiger partial charge in [-0.3, -0.25) is 0 Å². The van der Waals surface area contributed by atoms with E-state index >= 15 is 0 Å². The summed E-state index contributed by atoms with van der Waals surface area (Å²) >= 11 is 0. The van der Waals surface area contributed by atoms with E-state index in [2.05, 4.69) is 17.9 Å². The van der Waals surface area contributed by atoms with Crippen molar-refractivity contribution in [2.24, 2.45) is 0 Å². The molecule has 0 saturated carbocycles. The van der Waals surface area contributed by atoms with Crippen molar-refractivity contribution in [1.29, 1.82) is 0 Å². The molecule has 0 unspecified atom stereocenters. The monoisotopic (exact) mass is 184 g/mol. The Labute approximate surface area is 84.4 Å². The van der Waals surface area contributed by atoms with Crippen LogP contribution in [0, 0.1) is 11.8 Å². The zero-order chi connectivity index (χ0) is 9.64.